The minimum atomic E-state index is -0.337. The third kappa shape index (κ3) is 1.88. The Bertz CT molecular complexity index is 592. The van der Waals surface area contributed by atoms with Gasteiger partial charge in [-0.05, 0) is 19.1 Å². The van der Waals surface area contributed by atoms with Gasteiger partial charge in [-0.15, -0.1) is 0 Å². The van der Waals surface area contributed by atoms with Gasteiger partial charge < -0.3 is 4.90 Å². The van der Waals surface area contributed by atoms with Gasteiger partial charge in [0.25, 0.3) is 0 Å². The Morgan fingerprint density at radius 3 is 2.67 bits per heavy atom. The lowest BCUT2D eigenvalue weighted by atomic mass is 10.2. The van der Waals surface area contributed by atoms with Crippen molar-refractivity contribution in [3.63, 3.8) is 0 Å². The van der Waals surface area contributed by atoms with Crippen LogP contribution >= 0.6 is 0 Å². The van der Waals surface area contributed by atoms with E-state index < -0.39 is 0 Å². The van der Waals surface area contributed by atoms with E-state index in [0.29, 0.717) is 22.8 Å². The number of carbonyl (C=O) groups is 1. The van der Waals surface area contributed by atoms with Crippen LogP contribution in [0.2, 0.25) is 0 Å². The van der Waals surface area contributed by atoms with E-state index in [4.69, 9.17) is 0 Å². The Labute approximate surface area is 105 Å². The Hall–Kier alpha value is -2.17. The summed E-state index contributed by atoms with van der Waals surface area (Å²) in [5, 5.41) is 4.18. The number of carbonyl (C=O) groups excluding carboxylic acids is 1. The lowest BCUT2D eigenvalue weighted by Gasteiger charge is -2.20. The number of nitrogens with zero attached hydrogens (tertiary/aromatic N) is 3. The highest BCUT2D eigenvalue weighted by atomic mass is 19.1. The Kier molecular flexibility index (Phi) is 3.14. The molecule has 18 heavy (non-hydrogen) atoms. The van der Waals surface area contributed by atoms with Crippen molar-refractivity contribution in [2.75, 3.05) is 11.9 Å². The molecule has 1 aromatic carbocycles. The second-order valence-electron chi connectivity index (χ2n) is 4.07. The van der Waals surface area contributed by atoms with Crippen molar-refractivity contribution in [1.29, 1.82) is 0 Å². The monoisotopic (exact) mass is 247 g/mol. The number of para-hydroxylation sites is 1. The summed E-state index contributed by atoms with van der Waals surface area (Å²) in [5.41, 5.74) is 1.51. The van der Waals surface area contributed by atoms with Crippen LogP contribution in [-0.2, 0) is 7.05 Å². The highest BCUT2D eigenvalue weighted by Gasteiger charge is 2.19. The molecule has 4 nitrogen and oxygen atoms in total. The van der Waals surface area contributed by atoms with Crippen LogP contribution in [0.4, 0.5) is 15.9 Å². The van der Waals surface area contributed by atoms with Gasteiger partial charge in [-0.2, -0.15) is 5.10 Å². The molecule has 5 heteroatoms. The summed E-state index contributed by atoms with van der Waals surface area (Å²) in [5.74, 6) is 0.239. The van der Waals surface area contributed by atoms with Gasteiger partial charge in [-0.1, -0.05) is 12.1 Å². The first kappa shape index (κ1) is 12.3. The molecule has 0 radical (unpaired) electrons. The fourth-order valence-corrected chi connectivity index (χ4v) is 2.04. The van der Waals surface area contributed by atoms with Crippen LogP contribution in [-0.4, -0.2) is 23.1 Å². The summed E-state index contributed by atoms with van der Waals surface area (Å²) in [7, 11) is 3.44. The molecular weight excluding hydrogens is 233 g/mol. The highest BCUT2D eigenvalue weighted by molar-refractivity contribution is 5.86. The summed E-state index contributed by atoms with van der Waals surface area (Å²) in [4.78, 5) is 12.7. The lowest BCUT2D eigenvalue weighted by Crippen LogP contribution is -2.16. The maximum absolute atomic E-state index is 13.7. The van der Waals surface area contributed by atoms with Crippen LogP contribution in [0.25, 0.3) is 0 Å². The van der Waals surface area contributed by atoms with Crippen molar-refractivity contribution in [3.8, 4) is 0 Å². The molecule has 0 bridgehead atoms. The number of aromatic nitrogens is 2. The molecule has 1 heterocycles. The number of hydrogen-bond donors (Lipinski definition) is 0. The molecule has 1 aromatic heterocycles. The largest absolute Gasteiger partial charge is 0.327 e. The molecule has 2 rings (SSSR count). The quantitative estimate of drug-likeness (QED) is 0.782. The molecule has 2 aromatic rings. The van der Waals surface area contributed by atoms with Gasteiger partial charge in [0.05, 0.1) is 16.9 Å². The molecule has 0 aliphatic carbocycles. The molecule has 0 aliphatic heterocycles. The number of halogens is 1. The second-order valence-corrected chi connectivity index (χ2v) is 4.07. The average Bonchev–Trinajstić information content (AvgIpc) is 2.63. The molecule has 0 saturated heterocycles. The first-order valence-electron chi connectivity index (χ1n) is 5.53. The molecule has 94 valence electrons. The standard InChI is InChI=1S/C13H14FN3O/c1-9-10(8-18)13(17(3)15-9)16(2)12-7-5-4-6-11(12)14/h4-8H,1-3H3. The normalized spacial score (nSPS) is 10.4. The third-order valence-corrected chi connectivity index (χ3v) is 2.89. The van der Waals surface area contributed by atoms with E-state index in [0.717, 1.165) is 6.29 Å². The van der Waals surface area contributed by atoms with Crippen molar-refractivity contribution in [1.82, 2.24) is 9.78 Å². The van der Waals surface area contributed by atoms with Crippen LogP contribution in [0.1, 0.15) is 16.1 Å². The van der Waals surface area contributed by atoms with Crippen molar-refractivity contribution in [3.05, 3.63) is 41.3 Å². The topological polar surface area (TPSA) is 38.1 Å². The van der Waals surface area contributed by atoms with Crippen LogP contribution < -0.4 is 4.90 Å². The molecule has 0 saturated carbocycles. The number of anilines is 2. The van der Waals surface area contributed by atoms with Gasteiger partial charge in [0.15, 0.2) is 6.29 Å². The number of benzene rings is 1. The van der Waals surface area contributed by atoms with E-state index >= 15 is 0 Å². The van der Waals surface area contributed by atoms with Crippen molar-refractivity contribution in [2.45, 2.75) is 6.92 Å². The molecule has 0 spiro atoms. The van der Waals surface area contributed by atoms with E-state index in [1.54, 1.807) is 48.8 Å². The Morgan fingerprint density at radius 1 is 1.39 bits per heavy atom. The molecule has 0 fully saturated rings. The van der Waals surface area contributed by atoms with E-state index in [2.05, 4.69) is 5.10 Å². The molecule has 0 aliphatic rings. The molecule has 0 unspecified atom stereocenters. The predicted octanol–water partition coefficient (Wildman–Crippen LogP) is 2.45. The van der Waals surface area contributed by atoms with E-state index in [1.165, 1.54) is 6.07 Å². The smallest absolute Gasteiger partial charge is 0.155 e. The zero-order valence-corrected chi connectivity index (χ0v) is 10.5. The van der Waals surface area contributed by atoms with Gasteiger partial charge >= 0.3 is 0 Å². The first-order chi connectivity index (χ1) is 8.56. The van der Waals surface area contributed by atoms with Gasteiger partial charge in [-0.25, -0.2) is 4.39 Å². The Morgan fingerprint density at radius 2 is 2.06 bits per heavy atom. The molecule has 0 amide bonds. The molecular formula is C13H14FN3O. The number of rotatable bonds is 3. The van der Waals surface area contributed by atoms with Gasteiger partial charge in [0, 0.05) is 14.1 Å². The van der Waals surface area contributed by atoms with Crippen molar-refractivity contribution in [2.24, 2.45) is 7.05 Å². The summed E-state index contributed by atoms with van der Waals surface area (Å²) in [6, 6.07) is 6.42. The minimum Gasteiger partial charge on any atom is -0.327 e. The van der Waals surface area contributed by atoms with Crippen LogP contribution in [0.15, 0.2) is 24.3 Å². The van der Waals surface area contributed by atoms with Gasteiger partial charge in [0.1, 0.15) is 11.6 Å². The summed E-state index contributed by atoms with van der Waals surface area (Å²) in [6.45, 7) is 1.75. The number of hydrogen-bond acceptors (Lipinski definition) is 3. The third-order valence-electron chi connectivity index (χ3n) is 2.89. The van der Waals surface area contributed by atoms with Crippen molar-refractivity contribution < 1.29 is 9.18 Å². The van der Waals surface area contributed by atoms with E-state index in [-0.39, 0.29) is 5.82 Å². The highest BCUT2D eigenvalue weighted by Crippen LogP contribution is 2.29. The Balaban J connectivity index is 2.56. The second kappa shape index (κ2) is 4.60. The number of aldehydes is 1. The van der Waals surface area contributed by atoms with Gasteiger partial charge in [-0.3, -0.25) is 9.48 Å². The maximum Gasteiger partial charge on any atom is 0.155 e. The zero-order chi connectivity index (χ0) is 13.3. The lowest BCUT2D eigenvalue weighted by molar-refractivity contribution is 0.112. The number of aryl methyl sites for hydroxylation is 2. The minimum absolute atomic E-state index is 0.337. The van der Waals surface area contributed by atoms with E-state index in [9.17, 15) is 9.18 Å². The van der Waals surface area contributed by atoms with Crippen LogP contribution in [0.5, 0.6) is 0 Å². The van der Waals surface area contributed by atoms with Crippen molar-refractivity contribution >= 4 is 17.8 Å². The fraction of sp³-hybridized carbons (Fsp3) is 0.231. The van der Waals surface area contributed by atoms with Crippen LogP contribution in [0.3, 0.4) is 0 Å². The summed E-state index contributed by atoms with van der Waals surface area (Å²) < 4.78 is 15.3. The van der Waals surface area contributed by atoms with Crippen LogP contribution in [0, 0.1) is 12.7 Å². The average molecular weight is 247 g/mol. The SMILES string of the molecule is Cc1nn(C)c(N(C)c2ccccc2F)c1C=O. The fourth-order valence-electron chi connectivity index (χ4n) is 2.04. The zero-order valence-electron chi connectivity index (χ0n) is 10.5. The predicted molar refractivity (Wildman–Crippen MR) is 67.8 cm³/mol. The van der Waals surface area contributed by atoms with Gasteiger partial charge in [0.2, 0.25) is 0 Å². The maximum atomic E-state index is 13.7. The molecule has 0 atom stereocenters. The first-order valence-corrected chi connectivity index (χ1v) is 5.53. The van der Waals surface area contributed by atoms with E-state index in [1.807, 2.05) is 0 Å². The summed E-state index contributed by atoms with van der Waals surface area (Å²) >= 11 is 0. The molecule has 0 N–H and O–H groups in total. The summed E-state index contributed by atoms with van der Waals surface area (Å²) in [6.07, 6.45) is 0.745.